The molecule has 3 heteroatoms. The van der Waals surface area contributed by atoms with Gasteiger partial charge in [-0.15, -0.1) is 0 Å². The van der Waals surface area contributed by atoms with E-state index in [2.05, 4.69) is 42.2 Å². The summed E-state index contributed by atoms with van der Waals surface area (Å²) in [5.41, 5.74) is 2.06. The molecule has 1 saturated heterocycles. The smallest absolute Gasteiger partial charge is 0.338 e. The molecule has 1 aliphatic heterocycles. The van der Waals surface area contributed by atoms with E-state index in [9.17, 15) is 4.79 Å². The number of hydrogen-bond donors (Lipinski definition) is 0. The minimum absolute atomic E-state index is 0.0426. The Bertz CT molecular complexity index is 761. The first-order valence-corrected chi connectivity index (χ1v) is 10.8. The second-order valence-corrected chi connectivity index (χ2v) is 8.38. The fraction of sp³-hybridized carbons (Fsp3) is 0.480. The number of esters is 1. The standard InChI is InChI=1S/C25H31NO2/c1-19-18-24(28-25(27)21-12-6-3-7-13-21)22-14-8-9-15-23(22)26(19)17-16-20-10-4-2-5-11-20/h2-7,10-13,19,22-24H,8-9,14-18H2,1H3. The Balaban J connectivity index is 1.44. The van der Waals surface area contributed by atoms with E-state index in [0.29, 0.717) is 23.6 Å². The van der Waals surface area contributed by atoms with E-state index < -0.39 is 0 Å². The summed E-state index contributed by atoms with van der Waals surface area (Å²) in [6.07, 6.45) is 7.00. The van der Waals surface area contributed by atoms with Gasteiger partial charge in [-0.3, -0.25) is 4.90 Å². The third-order valence-electron chi connectivity index (χ3n) is 6.59. The zero-order valence-corrected chi connectivity index (χ0v) is 16.8. The van der Waals surface area contributed by atoms with Crippen LogP contribution in [0.5, 0.6) is 0 Å². The lowest BCUT2D eigenvalue weighted by atomic mass is 9.74. The lowest BCUT2D eigenvalue weighted by molar-refractivity contribution is -0.0730. The van der Waals surface area contributed by atoms with Crippen LogP contribution in [0.25, 0.3) is 0 Å². The Labute approximate surface area is 168 Å². The molecule has 28 heavy (non-hydrogen) atoms. The Morgan fingerprint density at radius 3 is 2.43 bits per heavy atom. The van der Waals surface area contributed by atoms with Crippen molar-refractivity contribution in [2.75, 3.05) is 6.54 Å². The van der Waals surface area contributed by atoms with Gasteiger partial charge in [0.1, 0.15) is 6.10 Å². The van der Waals surface area contributed by atoms with Gasteiger partial charge >= 0.3 is 5.97 Å². The highest BCUT2D eigenvalue weighted by Gasteiger charge is 2.43. The number of ether oxygens (including phenoxy) is 1. The van der Waals surface area contributed by atoms with E-state index in [1.54, 1.807) is 0 Å². The molecule has 0 radical (unpaired) electrons. The van der Waals surface area contributed by atoms with Crippen molar-refractivity contribution < 1.29 is 9.53 Å². The van der Waals surface area contributed by atoms with E-state index >= 15 is 0 Å². The van der Waals surface area contributed by atoms with E-state index in [4.69, 9.17) is 4.74 Å². The van der Waals surface area contributed by atoms with Gasteiger partial charge in [0, 0.05) is 31.0 Å². The molecule has 2 aliphatic rings. The number of nitrogens with zero attached hydrogens (tertiary/aromatic N) is 1. The number of carbonyl (C=O) groups is 1. The van der Waals surface area contributed by atoms with E-state index in [-0.39, 0.29) is 12.1 Å². The normalized spacial score (nSPS) is 27.8. The van der Waals surface area contributed by atoms with Crippen LogP contribution in [0.1, 0.15) is 54.9 Å². The van der Waals surface area contributed by atoms with Gasteiger partial charge in [-0.05, 0) is 43.9 Å². The molecule has 4 rings (SSSR count). The molecule has 1 aliphatic carbocycles. The SMILES string of the molecule is CC1CC(OC(=O)c2ccccc2)C2CCCCC2N1CCc1ccccc1. The van der Waals surface area contributed by atoms with Crippen LogP contribution in [0.4, 0.5) is 0 Å². The van der Waals surface area contributed by atoms with Crippen molar-refractivity contribution in [1.29, 1.82) is 0 Å². The lowest BCUT2D eigenvalue weighted by Crippen LogP contribution is -2.57. The van der Waals surface area contributed by atoms with Crippen LogP contribution in [0.3, 0.4) is 0 Å². The van der Waals surface area contributed by atoms with Crippen molar-refractivity contribution >= 4 is 5.97 Å². The Hall–Kier alpha value is -2.13. The highest BCUT2D eigenvalue weighted by molar-refractivity contribution is 5.89. The molecule has 0 bridgehead atoms. The van der Waals surface area contributed by atoms with Crippen molar-refractivity contribution in [1.82, 2.24) is 4.90 Å². The summed E-state index contributed by atoms with van der Waals surface area (Å²) >= 11 is 0. The van der Waals surface area contributed by atoms with Gasteiger partial charge in [-0.1, -0.05) is 61.4 Å². The van der Waals surface area contributed by atoms with Gasteiger partial charge in [-0.2, -0.15) is 0 Å². The quantitative estimate of drug-likeness (QED) is 0.678. The van der Waals surface area contributed by atoms with E-state index in [0.717, 1.165) is 19.4 Å². The topological polar surface area (TPSA) is 29.5 Å². The minimum Gasteiger partial charge on any atom is -0.458 e. The van der Waals surface area contributed by atoms with Crippen molar-refractivity contribution in [2.24, 2.45) is 5.92 Å². The Kier molecular flexibility index (Phi) is 6.11. The van der Waals surface area contributed by atoms with Gasteiger partial charge in [0.05, 0.1) is 5.56 Å². The largest absolute Gasteiger partial charge is 0.458 e. The fourth-order valence-corrected chi connectivity index (χ4v) is 5.16. The van der Waals surface area contributed by atoms with Crippen LogP contribution in [-0.2, 0) is 11.2 Å². The zero-order chi connectivity index (χ0) is 19.3. The highest BCUT2D eigenvalue weighted by Crippen LogP contribution is 2.39. The number of rotatable bonds is 5. The highest BCUT2D eigenvalue weighted by atomic mass is 16.5. The molecule has 2 aromatic carbocycles. The predicted octanol–water partition coefficient (Wildman–Crippen LogP) is 5.11. The predicted molar refractivity (Wildman–Crippen MR) is 112 cm³/mol. The summed E-state index contributed by atoms with van der Waals surface area (Å²) in [5, 5.41) is 0. The summed E-state index contributed by atoms with van der Waals surface area (Å²) in [5.74, 6) is 0.299. The molecule has 2 fully saturated rings. The van der Waals surface area contributed by atoms with Gasteiger partial charge in [-0.25, -0.2) is 4.79 Å². The summed E-state index contributed by atoms with van der Waals surface area (Å²) in [6.45, 7) is 3.39. The van der Waals surface area contributed by atoms with Crippen LogP contribution in [0.2, 0.25) is 0 Å². The number of benzene rings is 2. The van der Waals surface area contributed by atoms with Gasteiger partial charge in [0.25, 0.3) is 0 Å². The average molecular weight is 378 g/mol. The lowest BCUT2D eigenvalue weighted by Gasteiger charge is -2.50. The maximum absolute atomic E-state index is 12.7. The monoisotopic (exact) mass is 377 g/mol. The summed E-state index contributed by atoms with van der Waals surface area (Å²) < 4.78 is 6.06. The summed E-state index contributed by atoms with van der Waals surface area (Å²) in [4.78, 5) is 15.3. The number of carbonyl (C=O) groups excluding carboxylic acids is 1. The molecule has 1 saturated carbocycles. The van der Waals surface area contributed by atoms with Crippen LogP contribution in [0.15, 0.2) is 60.7 Å². The van der Waals surface area contributed by atoms with Crippen LogP contribution in [0, 0.1) is 5.92 Å². The summed E-state index contributed by atoms with van der Waals surface area (Å²) in [6, 6.07) is 21.2. The molecule has 3 nitrogen and oxygen atoms in total. The first-order chi connectivity index (χ1) is 13.7. The minimum atomic E-state index is -0.167. The van der Waals surface area contributed by atoms with Crippen LogP contribution < -0.4 is 0 Å². The van der Waals surface area contributed by atoms with Gasteiger partial charge in [0.15, 0.2) is 0 Å². The molecule has 0 aromatic heterocycles. The van der Waals surface area contributed by atoms with E-state index in [1.807, 2.05) is 30.3 Å². The van der Waals surface area contributed by atoms with Crippen molar-refractivity contribution in [3.63, 3.8) is 0 Å². The van der Waals surface area contributed by atoms with Crippen LogP contribution in [-0.4, -0.2) is 35.6 Å². The van der Waals surface area contributed by atoms with Crippen molar-refractivity contribution in [3.05, 3.63) is 71.8 Å². The van der Waals surface area contributed by atoms with E-state index in [1.165, 1.54) is 31.2 Å². The molecule has 0 amide bonds. The molecule has 1 heterocycles. The van der Waals surface area contributed by atoms with Gasteiger partial charge < -0.3 is 4.74 Å². The first kappa shape index (κ1) is 19.2. The Morgan fingerprint density at radius 1 is 1.00 bits per heavy atom. The van der Waals surface area contributed by atoms with Crippen molar-refractivity contribution in [2.45, 2.75) is 63.6 Å². The van der Waals surface area contributed by atoms with Crippen molar-refractivity contribution in [3.8, 4) is 0 Å². The maximum Gasteiger partial charge on any atom is 0.338 e. The molecule has 148 valence electrons. The zero-order valence-electron chi connectivity index (χ0n) is 16.8. The molecule has 0 spiro atoms. The Morgan fingerprint density at radius 2 is 1.68 bits per heavy atom. The molecule has 2 aromatic rings. The molecular formula is C25H31NO2. The number of hydrogen-bond acceptors (Lipinski definition) is 3. The number of likely N-dealkylation sites (tertiary alicyclic amines) is 1. The number of piperidine rings is 1. The average Bonchev–Trinajstić information content (AvgIpc) is 2.75. The number of fused-ring (bicyclic) bond motifs is 1. The van der Waals surface area contributed by atoms with Gasteiger partial charge in [0.2, 0.25) is 0 Å². The molecular weight excluding hydrogens is 346 g/mol. The summed E-state index contributed by atoms with van der Waals surface area (Å²) in [7, 11) is 0. The second-order valence-electron chi connectivity index (χ2n) is 8.38. The van der Waals surface area contributed by atoms with Crippen LogP contribution >= 0.6 is 0 Å². The second kappa shape index (κ2) is 8.91. The first-order valence-electron chi connectivity index (χ1n) is 10.8. The fourth-order valence-electron chi connectivity index (χ4n) is 5.16. The molecule has 4 unspecified atom stereocenters. The molecule has 0 N–H and O–H groups in total. The molecule has 4 atom stereocenters. The maximum atomic E-state index is 12.7. The third-order valence-corrected chi connectivity index (χ3v) is 6.59. The third kappa shape index (κ3) is 4.30.